The van der Waals surface area contributed by atoms with Crippen molar-refractivity contribution in [2.24, 2.45) is 0 Å². The average Bonchev–Trinajstić information content (AvgIpc) is 2.67. The molecule has 0 radical (unpaired) electrons. The van der Waals surface area contributed by atoms with E-state index in [0.29, 0.717) is 5.78 Å². The normalized spacial score (nSPS) is 23.5. The first-order valence-corrected chi connectivity index (χ1v) is 9.24. The predicted molar refractivity (Wildman–Crippen MR) is 99.1 cm³/mol. The number of likely N-dealkylation sites (tertiary alicyclic amines) is 1. The van der Waals surface area contributed by atoms with E-state index >= 15 is 0 Å². The highest BCUT2D eigenvalue weighted by molar-refractivity contribution is 6.05. The number of Topliss-reactive ketones (excluding diaryl/α,β-unsaturated/α-hetero) is 1. The maximum Gasteiger partial charge on any atom is 0.183 e. The Bertz CT molecular complexity index is 771. The molecule has 1 heterocycles. The summed E-state index contributed by atoms with van der Waals surface area (Å²) in [5, 5.41) is 0. The number of benzene rings is 2. The van der Waals surface area contributed by atoms with E-state index in [1.54, 1.807) is 7.11 Å². The zero-order valence-electron chi connectivity index (χ0n) is 14.8. The fourth-order valence-corrected chi connectivity index (χ4v) is 4.50. The van der Waals surface area contributed by atoms with Crippen LogP contribution in [0.5, 0.6) is 5.75 Å². The minimum atomic E-state index is -0.324. The highest BCUT2D eigenvalue weighted by Crippen LogP contribution is 2.41. The van der Waals surface area contributed by atoms with Crippen molar-refractivity contribution in [3.05, 3.63) is 65.2 Å². The van der Waals surface area contributed by atoms with Gasteiger partial charge in [0.05, 0.1) is 12.6 Å². The minimum absolute atomic E-state index is 0.312. The third kappa shape index (κ3) is 2.87. The lowest BCUT2D eigenvalue weighted by atomic mass is 9.71. The molecule has 130 valence electrons. The van der Waals surface area contributed by atoms with Gasteiger partial charge in [0.15, 0.2) is 5.78 Å². The van der Waals surface area contributed by atoms with Crippen LogP contribution in [-0.2, 0) is 13.0 Å². The Morgan fingerprint density at radius 1 is 1.08 bits per heavy atom. The van der Waals surface area contributed by atoms with Gasteiger partial charge in [-0.05, 0) is 68.0 Å². The van der Waals surface area contributed by atoms with Gasteiger partial charge in [-0.3, -0.25) is 9.69 Å². The first-order chi connectivity index (χ1) is 12.2. The molecule has 4 rings (SSSR count). The number of aryl methyl sites for hydroxylation is 1. The van der Waals surface area contributed by atoms with Gasteiger partial charge < -0.3 is 4.74 Å². The number of hydrogen-bond donors (Lipinski definition) is 0. The number of nitrogens with zero attached hydrogens (tertiary/aromatic N) is 1. The molecule has 0 aromatic heterocycles. The average molecular weight is 335 g/mol. The molecular formula is C22H25NO2. The summed E-state index contributed by atoms with van der Waals surface area (Å²) >= 11 is 0. The molecule has 2 aliphatic rings. The Morgan fingerprint density at radius 3 is 2.72 bits per heavy atom. The number of fused-ring (bicyclic) bond motifs is 1. The van der Waals surface area contributed by atoms with Crippen LogP contribution in [-0.4, -0.2) is 29.9 Å². The highest BCUT2D eigenvalue weighted by Gasteiger charge is 2.47. The smallest absolute Gasteiger partial charge is 0.183 e. The van der Waals surface area contributed by atoms with Crippen LogP contribution in [0.2, 0.25) is 0 Å². The van der Waals surface area contributed by atoms with Crippen LogP contribution in [0.25, 0.3) is 0 Å². The summed E-state index contributed by atoms with van der Waals surface area (Å²) in [5.74, 6) is 1.15. The molecule has 25 heavy (non-hydrogen) atoms. The first kappa shape index (κ1) is 16.3. The molecule has 2 aromatic carbocycles. The SMILES string of the molecule is COc1ccc2c(c1)CCC1(CCCCN1Cc1ccccc1)C2=O. The van der Waals surface area contributed by atoms with E-state index in [-0.39, 0.29) is 5.54 Å². The molecule has 3 nitrogen and oxygen atoms in total. The highest BCUT2D eigenvalue weighted by atomic mass is 16.5. The molecule has 1 aliphatic carbocycles. The molecule has 1 saturated heterocycles. The summed E-state index contributed by atoms with van der Waals surface area (Å²) < 4.78 is 5.33. The van der Waals surface area contributed by atoms with Crippen LogP contribution in [0.1, 0.15) is 47.2 Å². The van der Waals surface area contributed by atoms with Crippen molar-refractivity contribution in [1.29, 1.82) is 0 Å². The maximum absolute atomic E-state index is 13.5. The van der Waals surface area contributed by atoms with Gasteiger partial charge in [0.2, 0.25) is 0 Å². The predicted octanol–water partition coefficient (Wildman–Crippen LogP) is 4.25. The standard InChI is InChI=1S/C22H25NO2/c1-25-19-9-10-20-18(15-19)11-13-22(21(20)24)12-5-6-14-23(22)16-17-7-3-2-4-8-17/h2-4,7-10,15H,5-6,11-14,16H2,1H3. The summed E-state index contributed by atoms with van der Waals surface area (Å²) in [6.45, 7) is 1.87. The van der Waals surface area contributed by atoms with Crippen molar-refractivity contribution in [3.8, 4) is 5.75 Å². The summed E-state index contributed by atoms with van der Waals surface area (Å²) in [6, 6.07) is 16.4. The number of ether oxygens (including phenoxy) is 1. The summed E-state index contributed by atoms with van der Waals surface area (Å²) in [5.41, 5.74) is 3.00. The summed E-state index contributed by atoms with van der Waals surface area (Å²) in [4.78, 5) is 16.0. The zero-order valence-corrected chi connectivity index (χ0v) is 14.8. The summed E-state index contributed by atoms with van der Waals surface area (Å²) in [7, 11) is 1.68. The number of carbonyl (C=O) groups is 1. The van der Waals surface area contributed by atoms with Crippen molar-refractivity contribution in [2.45, 2.75) is 44.2 Å². The second-order valence-electron chi connectivity index (χ2n) is 7.25. The second kappa shape index (κ2) is 6.64. The van der Waals surface area contributed by atoms with E-state index < -0.39 is 0 Å². The van der Waals surface area contributed by atoms with E-state index in [4.69, 9.17) is 4.74 Å². The Morgan fingerprint density at radius 2 is 1.92 bits per heavy atom. The number of methoxy groups -OCH3 is 1. The van der Waals surface area contributed by atoms with Gasteiger partial charge >= 0.3 is 0 Å². The third-order valence-corrected chi connectivity index (χ3v) is 5.88. The molecule has 1 spiro atoms. The van der Waals surface area contributed by atoms with E-state index in [1.165, 1.54) is 12.0 Å². The van der Waals surface area contributed by atoms with Gasteiger partial charge in [-0.25, -0.2) is 0 Å². The lowest BCUT2D eigenvalue weighted by Crippen LogP contribution is -2.58. The molecule has 0 bridgehead atoms. The molecule has 1 fully saturated rings. The van der Waals surface area contributed by atoms with Crippen molar-refractivity contribution in [2.75, 3.05) is 13.7 Å². The molecule has 1 aliphatic heterocycles. The monoisotopic (exact) mass is 335 g/mol. The maximum atomic E-state index is 13.5. The van der Waals surface area contributed by atoms with Gasteiger partial charge in [-0.15, -0.1) is 0 Å². The van der Waals surface area contributed by atoms with Gasteiger partial charge in [-0.2, -0.15) is 0 Å². The number of carbonyl (C=O) groups excluding carboxylic acids is 1. The summed E-state index contributed by atoms with van der Waals surface area (Å²) in [6.07, 6.45) is 5.16. The number of piperidine rings is 1. The van der Waals surface area contributed by atoms with Gasteiger partial charge in [0, 0.05) is 12.1 Å². The quantitative estimate of drug-likeness (QED) is 0.840. The fraction of sp³-hybridized carbons (Fsp3) is 0.409. The molecule has 1 atom stereocenters. The van der Waals surface area contributed by atoms with Crippen molar-refractivity contribution < 1.29 is 9.53 Å². The van der Waals surface area contributed by atoms with E-state index in [2.05, 4.69) is 29.2 Å². The number of rotatable bonds is 3. The van der Waals surface area contributed by atoms with Gasteiger partial charge in [0.1, 0.15) is 5.75 Å². The molecule has 0 saturated carbocycles. The van der Waals surface area contributed by atoms with Crippen LogP contribution in [0.4, 0.5) is 0 Å². The van der Waals surface area contributed by atoms with Crippen molar-refractivity contribution >= 4 is 5.78 Å². The molecule has 3 heteroatoms. The minimum Gasteiger partial charge on any atom is -0.497 e. The zero-order chi connectivity index (χ0) is 17.3. The Labute approximate surface area is 149 Å². The lowest BCUT2D eigenvalue weighted by molar-refractivity contribution is 0.0252. The second-order valence-corrected chi connectivity index (χ2v) is 7.25. The Kier molecular flexibility index (Phi) is 4.34. The van der Waals surface area contributed by atoms with Crippen LogP contribution in [0, 0.1) is 0 Å². The van der Waals surface area contributed by atoms with Gasteiger partial charge in [0.25, 0.3) is 0 Å². The van der Waals surface area contributed by atoms with Crippen molar-refractivity contribution in [3.63, 3.8) is 0 Å². The van der Waals surface area contributed by atoms with E-state index in [9.17, 15) is 4.79 Å². The van der Waals surface area contributed by atoms with Crippen LogP contribution in [0.3, 0.4) is 0 Å². The fourth-order valence-electron chi connectivity index (χ4n) is 4.50. The Balaban J connectivity index is 1.67. The molecule has 2 aromatic rings. The number of ketones is 1. The molecule has 1 unspecified atom stereocenters. The molecule has 0 amide bonds. The Hall–Kier alpha value is -2.13. The van der Waals surface area contributed by atoms with Gasteiger partial charge in [-0.1, -0.05) is 30.3 Å². The number of hydrogen-bond acceptors (Lipinski definition) is 3. The lowest BCUT2D eigenvalue weighted by Gasteiger charge is -2.48. The third-order valence-electron chi connectivity index (χ3n) is 5.88. The van der Waals surface area contributed by atoms with Crippen LogP contribution < -0.4 is 4.74 Å². The van der Waals surface area contributed by atoms with Crippen LogP contribution >= 0.6 is 0 Å². The largest absolute Gasteiger partial charge is 0.497 e. The van der Waals surface area contributed by atoms with E-state index in [0.717, 1.165) is 55.6 Å². The van der Waals surface area contributed by atoms with Crippen LogP contribution in [0.15, 0.2) is 48.5 Å². The first-order valence-electron chi connectivity index (χ1n) is 9.24. The van der Waals surface area contributed by atoms with Crippen molar-refractivity contribution in [1.82, 2.24) is 4.90 Å². The molecule has 0 N–H and O–H groups in total. The molecular weight excluding hydrogens is 310 g/mol. The topological polar surface area (TPSA) is 29.5 Å². The van der Waals surface area contributed by atoms with E-state index in [1.807, 2.05) is 24.3 Å².